The average molecular weight is 389 g/mol. The van der Waals surface area contributed by atoms with Crippen molar-refractivity contribution in [1.82, 2.24) is 4.90 Å². The van der Waals surface area contributed by atoms with Crippen LogP contribution < -0.4 is 10.1 Å². The standard InChI is InChI=1S/C25H28N2O2/c1-27(20-22-13-6-3-7-14-22)25(28)19-26-23-16-8-9-17-24(23)29-18-10-15-21-11-4-2-5-12-21/h2-9,11-14,16-17,26H,10,15,18-20H2,1H3. The number of nitrogens with one attached hydrogen (secondary N) is 1. The minimum Gasteiger partial charge on any atom is -0.491 e. The topological polar surface area (TPSA) is 41.6 Å². The summed E-state index contributed by atoms with van der Waals surface area (Å²) in [5.41, 5.74) is 3.27. The third-order valence-electron chi connectivity index (χ3n) is 4.72. The highest BCUT2D eigenvalue weighted by atomic mass is 16.5. The van der Waals surface area contributed by atoms with E-state index in [0.29, 0.717) is 13.2 Å². The van der Waals surface area contributed by atoms with Crippen molar-refractivity contribution < 1.29 is 9.53 Å². The molecule has 29 heavy (non-hydrogen) atoms. The van der Waals surface area contributed by atoms with Crippen molar-refractivity contribution >= 4 is 11.6 Å². The molecule has 150 valence electrons. The van der Waals surface area contributed by atoms with Crippen molar-refractivity contribution in [2.45, 2.75) is 19.4 Å². The lowest BCUT2D eigenvalue weighted by atomic mass is 10.1. The third kappa shape index (κ3) is 6.68. The van der Waals surface area contributed by atoms with Gasteiger partial charge in [0, 0.05) is 13.6 Å². The van der Waals surface area contributed by atoms with Gasteiger partial charge in [0.05, 0.1) is 18.8 Å². The first kappa shape index (κ1) is 20.5. The largest absolute Gasteiger partial charge is 0.491 e. The fourth-order valence-electron chi connectivity index (χ4n) is 3.09. The van der Waals surface area contributed by atoms with Gasteiger partial charge in [-0.05, 0) is 36.1 Å². The Kier molecular flexibility index (Phi) is 7.70. The van der Waals surface area contributed by atoms with Crippen LogP contribution in [0.5, 0.6) is 5.75 Å². The number of anilines is 1. The molecule has 0 spiro atoms. The molecule has 0 aliphatic heterocycles. The second-order valence-corrected chi connectivity index (χ2v) is 7.02. The van der Waals surface area contributed by atoms with Gasteiger partial charge in [-0.1, -0.05) is 72.8 Å². The second-order valence-electron chi connectivity index (χ2n) is 7.02. The SMILES string of the molecule is CN(Cc1ccccc1)C(=O)CNc1ccccc1OCCCc1ccccc1. The Morgan fingerprint density at radius 2 is 1.48 bits per heavy atom. The number of carbonyl (C=O) groups is 1. The molecule has 0 radical (unpaired) electrons. The van der Waals surface area contributed by atoms with E-state index in [1.807, 2.05) is 67.7 Å². The summed E-state index contributed by atoms with van der Waals surface area (Å²) < 4.78 is 5.96. The zero-order chi connectivity index (χ0) is 20.3. The van der Waals surface area contributed by atoms with Crippen LogP contribution in [0.1, 0.15) is 17.5 Å². The van der Waals surface area contributed by atoms with Gasteiger partial charge in [-0.3, -0.25) is 4.79 Å². The highest BCUT2D eigenvalue weighted by Gasteiger charge is 2.10. The van der Waals surface area contributed by atoms with Crippen molar-refractivity contribution in [2.75, 3.05) is 25.5 Å². The maximum Gasteiger partial charge on any atom is 0.241 e. The van der Waals surface area contributed by atoms with E-state index in [0.717, 1.165) is 29.8 Å². The van der Waals surface area contributed by atoms with E-state index in [2.05, 4.69) is 29.6 Å². The van der Waals surface area contributed by atoms with Crippen molar-refractivity contribution in [3.05, 3.63) is 96.1 Å². The molecule has 3 aromatic carbocycles. The van der Waals surface area contributed by atoms with E-state index >= 15 is 0 Å². The fraction of sp³-hybridized carbons (Fsp3) is 0.240. The summed E-state index contributed by atoms with van der Waals surface area (Å²) in [4.78, 5) is 14.2. The molecule has 3 aromatic rings. The summed E-state index contributed by atoms with van der Waals surface area (Å²) in [6.07, 6.45) is 1.93. The van der Waals surface area contributed by atoms with E-state index in [1.165, 1.54) is 5.56 Å². The Morgan fingerprint density at radius 3 is 2.21 bits per heavy atom. The lowest BCUT2D eigenvalue weighted by Gasteiger charge is -2.19. The van der Waals surface area contributed by atoms with Gasteiger partial charge in [-0.25, -0.2) is 0 Å². The van der Waals surface area contributed by atoms with E-state index in [1.54, 1.807) is 4.90 Å². The smallest absolute Gasteiger partial charge is 0.241 e. The predicted molar refractivity (Wildman–Crippen MR) is 118 cm³/mol. The molecule has 0 aliphatic carbocycles. The van der Waals surface area contributed by atoms with Crippen LogP contribution in [0.25, 0.3) is 0 Å². The molecule has 0 atom stereocenters. The van der Waals surface area contributed by atoms with Gasteiger partial charge < -0.3 is 15.0 Å². The van der Waals surface area contributed by atoms with Crippen LogP contribution in [0.3, 0.4) is 0 Å². The number of nitrogens with zero attached hydrogens (tertiary/aromatic N) is 1. The Balaban J connectivity index is 1.46. The number of rotatable bonds is 10. The Bertz CT molecular complexity index is 882. The molecule has 0 bridgehead atoms. The zero-order valence-corrected chi connectivity index (χ0v) is 16.9. The van der Waals surface area contributed by atoms with Crippen molar-refractivity contribution in [2.24, 2.45) is 0 Å². The van der Waals surface area contributed by atoms with E-state index in [9.17, 15) is 4.79 Å². The molecule has 0 unspecified atom stereocenters. The van der Waals surface area contributed by atoms with Gasteiger partial charge in [0.1, 0.15) is 5.75 Å². The predicted octanol–water partition coefficient (Wildman–Crippen LogP) is 4.77. The molecule has 0 saturated carbocycles. The minimum absolute atomic E-state index is 0.0349. The molecule has 0 fully saturated rings. The number of benzene rings is 3. The average Bonchev–Trinajstić information content (AvgIpc) is 2.77. The number of para-hydroxylation sites is 2. The number of likely N-dealkylation sites (N-methyl/N-ethyl adjacent to an activating group) is 1. The monoisotopic (exact) mass is 388 g/mol. The van der Waals surface area contributed by atoms with Gasteiger partial charge in [-0.15, -0.1) is 0 Å². The first-order valence-electron chi connectivity index (χ1n) is 10.00. The number of ether oxygens (including phenoxy) is 1. The van der Waals surface area contributed by atoms with Gasteiger partial charge in [0.15, 0.2) is 0 Å². The molecule has 0 aliphatic rings. The molecular weight excluding hydrogens is 360 g/mol. The first-order chi connectivity index (χ1) is 14.2. The number of aryl methyl sites for hydroxylation is 1. The van der Waals surface area contributed by atoms with Crippen LogP contribution in [0.4, 0.5) is 5.69 Å². The van der Waals surface area contributed by atoms with Crippen LogP contribution in [-0.2, 0) is 17.8 Å². The van der Waals surface area contributed by atoms with E-state index in [-0.39, 0.29) is 12.5 Å². The van der Waals surface area contributed by atoms with Crippen LogP contribution in [0, 0.1) is 0 Å². The molecule has 0 heterocycles. The van der Waals surface area contributed by atoms with Gasteiger partial charge in [0.25, 0.3) is 0 Å². The van der Waals surface area contributed by atoms with Crippen molar-refractivity contribution in [1.29, 1.82) is 0 Å². The van der Waals surface area contributed by atoms with Crippen LogP contribution in [0.2, 0.25) is 0 Å². The van der Waals surface area contributed by atoms with Crippen LogP contribution in [-0.4, -0.2) is 31.0 Å². The Hall–Kier alpha value is -3.27. The molecule has 3 rings (SSSR count). The maximum absolute atomic E-state index is 12.5. The first-order valence-corrected chi connectivity index (χ1v) is 10.00. The highest BCUT2D eigenvalue weighted by Crippen LogP contribution is 2.24. The van der Waals surface area contributed by atoms with E-state index in [4.69, 9.17) is 4.74 Å². The quantitative estimate of drug-likeness (QED) is 0.509. The molecule has 4 nitrogen and oxygen atoms in total. The molecule has 1 N–H and O–H groups in total. The van der Waals surface area contributed by atoms with Crippen LogP contribution in [0.15, 0.2) is 84.9 Å². The number of hydrogen-bond donors (Lipinski definition) is 1. The van der Waals surface area contributed by atoms with E-state index < -0.39 is 0 Å². The molecular formula is C25H28N2O2. The van der Waals surface area contributed by atoms with Crippen molar-refractivity contribution in [3.63, 3.8) is 0 Å². The second kappa shape index (κ2) is 10.9. The summed E-state index contributed by atoms with van der Waals surface area (Å²) in [6.45, 7) is 1.46. The fourth-order valence-corrected chi connectivity index (χ4v) is 3.09. The zero-order valence-electron chi connectivity index (χ0n) is 16.9. The summed E-state index contributed by atoms with van der Waals surface area (Å²) in [5.74, 6) is 0.812. The van der Waals surface area contributed by atoms with Gasteiger partial charge >= 0.3 is 0 Å². The van der Waals surface area contributed by atoms with Crippen LogP contribution >= 0.6 is 0 Å². The lowest BCUT2D eigenvalue weighted by Crippen LogP contribution is -2.31. The summed E-state index contributed by atoms with van der Waals surface area (Å²) in [5, 5.41) is 3.22. The summed E-state index contributed by atoms with van der Waals surface area (Å²) >= 11 is 0. The Labute approximate surface area is 173 Å². The van der Waals surface area contributed by atoms with Gasteiger partial charge in [0.2, 0.25) is 5.91 Å². The van der Waals surface area contributed by atoms with Crippen molar-refractivity contribution in [3.8, 4) is 5.75 Å². The molecule has 0 saturated heterocycles. The highest BCUT2D eigenvalue weighted by molar-refractivity contribution is 5.81. The Morgan fingerprint density at radius 1 is 0.862 bits per heavy atom. The maximum atomic E-state index is 12.5. The minimum atomic E-state index is 0.0349. The molecule has 1 amide bonds. The third-order valence-corrected chi connectivity index (χ3v) is 4.72. The lowest BCUT2D eigenvalue weighted by molar-refractivity contribution is -0.128. The number of carbonyl (C=O) groups excluding carboxylic acids is 1. The summed E-state index contributed by atoms with van der Waals surface area (Å²) in [7, 11) is 1.82. The molecule has 4 heteroatoms. The van der Waals surface area contributed by atoms with Gasteiger partial charge in [-0.2, -0.15) is 0 Å². The number of amides is 1. The summed E-state index contributed by atoms with van der Waals surface area (Å²) in [6, 6.07) is 28.2. The number of hydrogen-bond acceptors (Lipinski definition) is 3. The normalized spacial score (nSPS) is 10.4. The molecule has 0 aromatic heterocycles.